The average molecular weight is 411 g/mol. The molecule has 148 valence electrons. The Bertz CT molecular complexity index is 821. The van der Waals surface area contributed by atoms with E-state index in [-0.39, 0.29) is 11.4 Å². The highest BCUT2D eigenvalue weighted by Crippen LogP contribution is 2.13. The van der Waals surface area contributed by atoms with E-state index < -0.39 is 10.0 Å². The minimum Gasteiger partial charge on any atom is -0.357 e. The van der Waals surface area contributed by atoms with E-state index in [1.807, 2.05) is 13.1 Å². The SMILES string of the molecule is CCNC(=NCCNS(=O)(=O)c1cccnc1)NCCc1ncc(CC)s1. The molecule has 0 amide bonds. The van der Waals surface area contributed by atoms with E-state index in [2.05, 4.69) is 37.2 Å². The van der Waals surface area contributed by atoms with Crippen molar-refractivity contribution in [1.82, 2.24) is 25.3 Å². The molecule has 0 aliphatic carbocycles. The van der Waals surface area contributed by atoms with Gasteiger partial charge in [-0.25, -0.2) is 18.1 Å². The third-order valence-electron chi connectivity index (χ3n) is 3.54. The van der Waals surface area contributed by atoms with Gasteiger partial charge in [0.05, 0.1) is 11.6 Å². The molecule has 2 aromatic heterocycles. The van der Waals surface area contributed by atoms with Crippen LogP contribution < -0.4 is 15.4 Å². The summed E-state index contributed by atoms with van der Waals surface area (Å²) in [5.41, 5.74) is 0. The number of aliphatic imine (C=N–C) groups is 1. The molecule has 0 spiro atoms. The number of sulfonamides is 1. The van der Waals surface area contributed by atoms with Gasteiger partial charge in [0.25, 0.3) is 0 Å². The third kappa shape index (κ3) is 7.24. The van der Waals surface area contributed by atoms with Gasteiger partial charge < -0.3 is 10.6 Å². The van der Waals surface area contributed by atoms with Gasteiger partial charge in [-0.15, -0.1) is 11.3 Å². The van der Waals surface area contributed by atoms with Gasteiger partial charge >= 0.3 is 0 Å². The second-order valence-corrected chi connectivity index (χ2v) is 8.56. The van der Waals surface area contributed by atoms with Crippen molar-refractivity contribution >= 4 is 27.3 Å². The van der Waals surface area contributed by atoms with Crippen LogP contribution in [0.1, 0.15) is 23.7 Å². The molecule has 3 N–H and O–H groups in total. The Morgan fingerprint density at radius 1 is 1.22 bits per heavy atom. The first-order valence-corrected chi connectivity index (χ1v) is 11.2. The number of hydrogen-bond acceptors (Lipinski definition) is 6. The predicted octanol–water partition coefficient (Wildman–Crippen LogP) is 1.18. The summed E-state index contributed by atoms with van der Waals surface area (Å²) in [7, 11) is -3.55. The van der Waals surface area contributed by atoms with Crippen molar-refractivity contribution in [3.63, 3.8) is 0 Å². The molecule has 0 unspecified atom stereocenters. The molecule has 0 bridgehead atoms. The van der Waals surface area contributed by atoms with Crippen LogP contribution in [-0.2, 0) is 22.9 Å². The quantitative estimate of drug-likeness (QED) is 0.308. The van der Waals surface area contributed by atoms with Crippen molar-refractivity contribution < 1.29 is 8.42 Å². The lowest BCUT2D eigenvalue weighted by Gasteiger charge is -2.11. The second-order valence-electron chi connectivity index (χ2n) is 5.60. The zero-order chi connectivity index (χ0) is 19.5. The molecule has 2 rings (SSSR count). The molecule has 0 radical (unpaired) electrons. The number of aromatic nitrogens is 2. The largest absolute Gasteiger partial charge is 0.357 e. The Kier molecular flexibility index (Phi) is 8.62. The van der Waals surface area contributed by atoms with Crippen LogP contribution in [0.4, 0.5) is 0 Å². The van der Waals surface area contributed by atoms with E-state index >= 15 is 0 Å². The molecule has 2 aromatic rings. The van der Waals surface area contributed by atoms with Gasteiger partial charge in [0, 0.05) is 49.5 Å². The molecular formula is C17H26N6O2S2. The van der Waals surface area contributed by atoms with Crippen LogP contribution in [0.2, 0.25) is 0 Å². The van der Waals surface area contributed by atoms with E-state index in [0.717, 1.165) is 24.4 Å². The van der Waals surface area contributed by atoms with Crippen molar-refractivity contribution in [2.45, 2.75) is 31.6 Å². The van der Waals surface area contributed by atoms with Gasteiger partial charge in [-0.1, -0.05) is 6.92 Å². The molecule has 0 atom stereocenters. The van der Waals surface area contributed by atoms with Crippen molar-refractivity contribution in [2.75, 3.05) is 26.2 Å². The van der Waals surface area contributed by atoms with Gasteiger partial charge in [-0.3, -0.25) is 9.98 Å². The average Bonchev–Trinajstić information content (AvgIpc) is 3.14. The molecule has 10 heteroatoms. The highest BCUT2D eigenvalue weighted by atomic mass is 32.2. The maximum atomic E-state index is 12.1. The Labute approximate surface area is 164 Å². The monoisotopic (exact) mass is 410 g/mol. The zero-order valence-corrected chi connectivity index (χ0v) is 17.2. The standard InChI is InChI=1S/C17H26N6O2S2/c1-3-14-12-22-16(26-14)7-9-20-17(19-4-2)21-10-11-23-27(24,25)15-6-5-8-18-13-15/h5-6,8,12-13,23H,3-4,7,9-11H2,1-2H3,(H2,19,20,21). The van der Waals surface area contributed by atoms with Crippen LogP contribution >= 0.6 is 11.3 Å². The summed E-state index contributed by atoms with van der Waals surface area (Å²) in [6.45, 7) is 6.07. The maximum Gasteiger partial charge on any atom is 0.242 e. The summed E-state index contributed by atoms with van der Waals surface area (Å²) < 4.78 is 26.8. The molecule has 0 aromatic carbocycles. The number of nitrogens with one attached hydrogen (secondary N) is 3. The molecule has 0 saturated heterocycles. The van der Waals surface area contributed by atoms with Crippen LogP contribution in [0.25, 0.3) is 0 Å². The van der Waals surface area contributed by atoms with Crippen molar-refractivity contribution in [3.8, 4) is 0 Å². The van der Waals surface area contributed by atoms with Crippen molar-refractivity contribution in [2.24, 2.45) is 4.99 Å². The molecule has 2 heterocycles. The lowest BCUT2D eigenvalue weighted by Crippen LogP contribution is -2.39. The fourth-order valence-electron chi connectivity index (χ4n) is 2.19. The number of pyridine rings is 1. The van der Waals surface area contributed by atoms with Crippen LogP contribution in [-0.4, -0.2) is 50.5 Å². The third-order valence-corrected chi connectivity index (χ3v) is 6.19. The Morgan fingerprint density at radius 3 is 2.74 bits per heavy atom. The van der Waals surface area contributed by atoms with Crippen molar-refractivity contribution in [1.29, 1.82) is 0 Å². The van der Waals surface area contributed by atoms with Gasteiger partial charge in [0.15, 0.2) is 5.96 Å². The van der Waals surface area contributed by atoms with Gasteiger partial charge in [-0.2, -0.15) is 0 Å². The summed E-state index contributed by atoms with van der Waals surface area (Å²) in [4.78, 5) is 14.1. The number of guanidine groups is 1. The predicted molar refractivity (Wildman–Crippen MR) is 109 cm³/mol. The molecule has 0 aliphatic heterocycles. The summed E-state index contributed by atoms with van der Waals surface area (Å²) in [5, 5.41) is 7.49. The number of aryl methyl sites for hydroxylation is 1. The van der Waals surface area contributed by atoms with Crippen LogP contribution in [0.15, 0.2) is 40.6 Å². The molecule has 0 saturated carbocycles. The lowest BCUT2D eigenvalue weighted by molar-refractivity contribution is 0.581. The van der Waals surface area contributed by atoms with Crippen LogP contribution in [0.3, 0.4) is 0 Å². The summed E-state index contributed by atoms with van der Waals surface area (Å²) in [5.74, 6) is 0.658. The minimum atomic E-state index is -3.55. The molecule has 8 nitrogen and oxygen atoms in total. The van der Waals surface area contributed by atoms with Gasteiger partial charge in [0.1, 0.15) is 4.90 Å². The first kappa shape index (κ1) is 21.3. The number of thiazole rings is 1. The van der Waals surface area contributed by atoms with Gasteiger partial charge in [-0.05, 0) is 25.5 Å². The Balaban J connectivity index is 1.78. The normalized spacial score (nSPS) is 12.1. The highest BCUT2D eigenvalue weighted by Gasteiger charge is 2.12. The van der Waals surface area contributed by atoms with E-state index in [0.29, 0.717) is 19.0 Å². The molecule has 0 fully saturated rings. The van der Waals surface area contributed by atoms with E-state index in [4.69, 9.17) is 0 Å². The van der Waals surface area contributed by atoms with Crippen LogP contribution in [0.5, 0.6) is 0 Å². The summed E-state index contributed by atoms with van der Waals surface area (Å²) in [6.07, 6.45) is 6.60. The number of rotatable bonds is 10. The first-order chi connectivity index (χ1) is 13.0. The molecule has 0 aliphatic rings. The fourth-order valence-corrected chi connectivity index (χ4v) is 4.04. The maximum absolute atomic E-state index is 12.1. The summed E-state index contributed by atoms with van der Waals surface area (Å²) in [6, 6.07) is 3.10. The number of nitrogens with zero attached hydrogens (tertiary/aromatic N) is 3. The van der Waals surface area contributed by atoms with Gasteiger partial charge in [0.2, 0.25) is 10.0 Å². The van der Waals surface area contributed by atoms with Crippen LogP contribution in [0, 0.1) is 0 Å². The molecule has 27 heavy (non-hydrogen) atoms. The summed E-state index contributed by atoms with van der Waals surface area (Å²) >= 11 is 1.73. The van der Waals surface area contributed by atoms with E-state index in [9.17, 15) is 8.42 Å². The second kappa shape index (κ2) is 11.0. The van der Waals surface area contributed by atoms with Crippen molar-refractivity contribution in [3.05, 3.63) is 40.6 Å². The minimum absolute atomic E-state index is 0.147. The van der Waals surface area contributed by atoms with E-state index in [1.165, 1.54) is 23.3 Å². The Hall–Kier alpha value is -2.04. The topological polar surface area (TPSA) is 108 Å². The zero-order valence-electron chi connectivity index (χ0n) is 15.6. The fraction of sp³-hybridized carbons (Fsp3) is 0.471. The Morgan fingerprint density at radius 2 is 2.07 bits per heavy atom. The number of hydrogen-bond donors (Lipinski definition) is 3. The smallest absolute Gasteiger partial charge is 0.242 e. The van der Waals surface area contributed by atoms with E-state index in [1.54, 1.807) is 17.4 Å². The first-order valence-electron chi connectivity index (χ1n) is 8.90. The molecular weight excluding hydrogens is 384 g/mol. The lowest BCUT2D eigenvalue weighted by atomic mass is 10.4. The highest BCUT2D eigenvalue weighted by molar-refractivity contribution is 7.89.